The number of hydrogen-bond donors (Lipinski definition) is 0. The minimum atomic E-state index is -2.59. The van der Waals surface area contributed by atoms with Gasteiger partial charge in [0.2, 0.25) is 9.23 Å². The molecule has 0 radical (unpaired) electrons. The molecule has 0 bridgehead atoms. The summed E-state index contributed by atoms with van der Waals surface area (Å²) in [4.78, 5) is -1.72. The summed E-state index contributed by atoms with van der Waals surface area (Å²) in [6, 6.07) is 11.0. The average molecular weight is 611 g/mol. The third-order valence-electron chi connectivity index (χ3n) is 2.93. The van der Waals surface area contributed by atoms with Gasteiger partial charge in [-0.1, -0.05) is 12.1 Å². The van der Waals surface area contributed by atoms with E-state index in [-0.39, 0.29) is 40.0 Å². The van der Waals surface area contributed by atoms with Crippen LogP contribution >= 0.6 is 21.4 Å². The van der Waals surface area contributed by atoms with Crippen molar-refractivity contribution in [1.29, 1.82) is 0 Å². The maximum absolute atomic E-state index is 13.4. The zero-order valence-electron chi connectivity index (χ0n) is 15.4. The topological polar surface area (TPSA) is 34.1 Å². The van der Waals surface area contributed by atoms with Crippen molar-refractivity contribution in [3.05, 3.63) is 95.6 Å². The molecule has 0 amide bonds. The monoisotopic (exact) mass is 608 g/mol. The van der Waals surface area contributed by atoms with E-state index in [1.807, 2.05) is 6.07 Å². The molecule has 0 atom stereocenters. The second-order valence-corrected chi connectivity index (χ2v) is 8.78. The molecule has 3 rings (SSSR count). The summed E-state index contributed by atoms with van der Waals surface area (Å²) >= 11 is 0. The van der Waals surface area contributed by atoms with E-state index in [1.165, 1.54) is 6.07 Å². The van der Waals surface area contributed by atoms with Gasteiger partial charge in [-0.15, -0.1) is 18.2 Å². The van der Waals surface area contributed by atoms with Crippen molar-refractivity contribution in [2.45, 2.75) is 9.79 Å². The molecule has 0 heterocycles. The van der Waals surface area contributed by atoms with Crippen molar-refractivity contribution < 1.29 is 51.7 Å². The molecule has 0 spiro atoms. The van der Waals surface area contributed by atoms with Crippen LogP contribution in [-0.4, -0.2) is 31.5 Å². The van der Waals surface area contributed by atoms with Gasteiger partial charge in [0.1, 0.15) is 33.1 Å². The molecule has 0 N–H and O–H groups in total. The van der Waals surface area contributed by atoms with Crippen molar-refractivity contribution >= 4 is 64.4 Å². The molecular formula is C18H9BrCl2F6MgO2S2. The first kappa shape index (κ1) is 33.5. The van der Waals surface area contributed by atoms with Crippen LogP contribution < -0.4 is 17.0 Å². The van der Waals surface area contributed by atoms with E-state index in [2.05, 4.69) is 21.4 Å². The van der Waals surface area contributed by atoms with E-state index < -0.39 is 64.7 Å². The maximum Gasteiger partial charge on any atom is 2.00 e. The SMILES string of the molecule is Fc1[c-]c(F)ccc1.O=S(Cl)Cl.O=S(c1c(F)cccc1F)c1c(F)cccc1F.[Br-].[Mg+2]. The average Bonchev–Trinajstić information content (AvgIpc) is 2.61. The molecule has 0 fully saturated rings. The molecule has 0 aliphatic rings. The largest absolute Gasteiger partial charge is 2.00 e. The van der Waals surface area contributed by atoms with Crippen molar-refractivity contribution in [3.63, 3.8) is 0 Å². The predicted molar refractivity (Wildman–Crippen MR) is 108 cm³/mol. The zero-order chi connectivity index (χ0) is 22.8. The Kier molecular flexibility index (Phi) is 17.7. The van der Waals surface area contributed by atoms with Crippen LogP contribution in [0.1, 0.15) is 0 Å². The summed E-state index contributed by atoms with van der Waals surface area (Å²) in [5.41, 5.74) is 0. The van der Waals surface area contributed by atoms with Gasteiger partial charge in [0.15, 0.2) is 0 Å². The fraction of sp³-hybridized carbons (Fsp3) is 0. The fourth-order valence-electron chi connectivity index (χ4n) is 1.84. The third-order valence-corrected chi connectivity index (χ3v) is 4.45. The summed E-state index contributed by atoms with van der Waals surface area (Å²) in [7, 11) is 4.76. The van der Waals surface area contributed by atoms with Gasteiger partial charge in [0.25, 0.3) is 0 Å². The predicted octanol–water partition coefficient (Wildman–Crippen LogP) is 2.84. The van der Waals surface area contributed by atoms with Crippen LogP contribution in [0, 0.1) is 41.0 Å². The van der Waals surface area contributed by atoms with Crippen LogP contribution in [0.5, 0.6) is 0 Å². The van der Waals surface area contributed by atoms with E-state index >= 15 is 0 Å². The number of halogens is 9. The Morgan fingerprint density at radius 3 is 1.09 bits per heavy atom. The minimum absolute atomic E-state index is 0. The normalized spacial score (nSPS) is 9.56. The Morgan fingerprint density at radius 2 is 0.875 bits per heavy atom. The third kappa shape index (κ3) is 11.5. The van der Waals surface area contributed by atoms with Gasteiger partial charge in [-0.05, 0) is 24.3 Å². The van der Waals surface area contributed by atoms with Gasteiger partial charge >= 0.3 is 23.1 Å². The molecule has 0 aliphatic carbocycles. The summed E-state index contributed by atoms with van der Waals surface area (Å²) < 4.78 is 98.2. The van der Waals surface area contributed by atoms with Crippen molar-refractivity contribution in [2.24, 2.45) is 0 Å². The van der Waals surface area contributed by atoms with Gasteiger partial charge in [0.05, 0.1) is 10.8 Å². The van der Waals surface area contributed by atoms with E-state index in [4.69, 9.17) is 4.21 Å². The van der Waals surface area contributed by atoms with Crippen LogP contribution in [0.25, 0.3) is 0 Å². The van der Waals surface area contributed by atoms with Crippen molar-refractivity contribution in [3.8, 4) is 0 Å². The quantitative estimate of drug-likeness (QED) is 0.194. The van der Waals surface area contributed by atoms with Crippen molar-refractivity contribution in [2.75, 3.05) is 0 Å². The Balaban J connectivity index is 0. The summed E-state index contributed by atoms with van der Waals surface area (Å²) in [5.74, 6) is -5.78. The molecule has 0 aromatic heterocycles. The van der Waals surface area contributed by atoms with Crippen molar-refractivity contribution in [1.82, 2.24) is 0 Å². The van der Waals surface area contributed by atoms with E-state index in [9.17, 15) is 30.6 Å². The van der Waals surface area contributed by atoms with Crippen LogP contribution in [0.3, 0.4) is 0 Å². The van der Waals surface area contributed by atoms with Gasteiger partial charge < -0.3 is 17.0 Å². The molecule has 3 aromatic rings. The summed E-state index contributed by atoms with van der Waals surface area (Å²) in [6.07, 6.45) is 0. The summed E-state index contributed by atoms with van der Waals surface area (Å²) in [5, 5.41) is 0. The second kappa shape index (κ2) is 16.9. The first-order chi connectivity index (χ1) is 14.0. The molecule has 0 aliphatic heterocycles. The van der Waals surface area contributed by atoms with E-state index in [0.717, 1.165) is 48.5 Å². The van der Waals surface area contributed by atoms with Gasteiger partial charge in [-0.25, -0.2) is 34.8 Å². The molecular weight excluding hydrogens is 601 g/mol. The molecule has 0 saturated carbocycles. The van der Waals surface area contributed by atoms with Gasteiger partial charge in [-0.3, -0.25) is 0 Å². The Morgan fingerprint density at radius 1 is 0.625 bits per heavy atom. The minimum Gasteiger partial charge on any atom is -1.00 e. The maximum atomic E-state index is 13.4. The van der Waals surface area contributed by atoms with Crippen LogP contribution in [0.2, 0.25) is 0 Å². The smallest absolute Gasteiger partial charge is 1.00 e. The fourth-order valence-corrected chi connectivity index (χ4v) is 3.02. The van der Waals surface area contributed by atoms with E-state index in [0.29, 0.717) is 0 Å². The van der Waals surface area contributed by atoms with Gasteiger partial charge in [0, 0.05) is 33.0 Å². The number of benzene rings is 3. The molecule has 2 nitrogen and oxygen atoms in total. The Bertz CT molecular complexity index is 950. The summed E-state index contributed by atoms with van der Waals surface area (Å²) in [6.45, 7) is 0. The number of hydrogen-bond acceptors (Lipinski definition) is 2. The van der Waals surface area contributed by atoms with Gasteiger partial charge in [-0.2, -0.15) is 6.07 Å². The van der Waals surface area contributed by atoms with Crippen LogP contribution in [-0.2, 0) is 20.0 Å². The second-order valence-electron chi connectivity index (χ2n) is 4.90. The Labute approximate surface area is 220 Å². The Hall–Kier alpha value is -0.634. The number of rotatable bonds is 2. The first-order valence-electron chi connectivity index (χ1n) is 7.42. The van der Waals surface area contributed by atoms with Crippen LogP contribution in [0.4, 0.5) is 26.3 Å². The molecule has 3 aromatic carbocycles. The van der Waals surface area contributed by atoms with E-state index in [1.54, 1.807) is 0 Å². The molecule has 0 saturated heterocycles. The standard InChI is InChI=1S/C12H6F4OS.C6H3F2.BrH.Cl2OS.Mg/c13-7-3-1-4-8(14)11(7)18(17)12-9(15)5-2-6-10(12)16;7-5-2-1-3-6(8)4-5;;1-4(2)3;/h1-6H;1-3H;1H;;/q;-1;;;+2/p-1. The van der Waals surface area contributed by atoms with Crippen LogP contribution in [0.15, 0.2) is 64.4 Å². The molecule has 32 heavy (non-hydrogen) atoms. The molecule has 170 valence electrons. The first-order valence-corrected chi connectivity index (χ1v) is 11.4. The zero-order valence-corrected chi connectivity index (χ0v) is 21.6. The molecule has 14 heteroatoms. The molecule has 0 unspecified atom stereocenters.